The molecule has 1 aliphatic carbocycles. The maximum Gasteiger partial charge on any atom is 0.225 e. The van der Waals surface area contributed by atoms with Crippen molar-refractivity contribution in [3.05, 3.63) is 23.9 Å². The van der Waals surface area contributed by atoms with Crippen LogP contribution >= 0.6 is 0 Å². The predicted octanol–water partition coefficient (Wildman–Crippen LogP) is 2.12. The van der Waals surface area contributed by atoms with Crippen molar-refractivity contribution in [2.75, 3.05) is 13.1 Å². The van der Waals surface area contributed by atoms with Gasteiger partial charge in [0.2, 0.25) is 11.8 Å². The van der Waals surface area contributed by atoms with E-state index in [2.05, 4.69) is 11.1 Å². The summed E-state index contributed by atoms with van der Waals surface area (Å²) < 4.78 is 5.80. The molecule has 2 fully saturated rings. The van der Waals surface area contributed by atoms with Crippen LogP contribution in [0.4, 0.5) is 0 Å². The van der Waals surface area contributed by atoms with E-state index in [4.69, 9.17) is 10.00 Å². The van der Waals surface area contributed by atoms with Crippen molar-refractivity contribution in [2.24, 2.45) is 5.92 Å². The van der Waals surface area contributed by atoms with Gasteiger partial charge in [-0.05, 0) is 18.9 Å². The number of ether oxygens (including phenoxy) is 1. The highest BCUT2D eigenvalue weighted by molar-refractivity contribution is 5.79. The highest BCUT2D eigenvalue weighted by Crippen LogP contribution is 2.28. The zero-order chi connectivity index (χ0) is 14.7. The molecular formula is C16H19N3O2. The molecule has 1 unspecified atom stereocenters. The summed E-state index contributed by atoms with van der Waals surface area (Å²) in [5, 5.41) is 8.87. The normalized spacial score (nSPS) is 22.2. The van der Waals surface area contributed by atoms with Crippen molar-refractivity contribution in [1.29, 1.82) is 5.26 Å². The summed E-state index contributed by atoms with van der Waals surface area (Å²) in [6.45, 7) is 1.39. The minimum Gasteiger partial charge on any atom is -0.472 e. The number of rotatable bonds is 3. The van der Waals surface area contributed by atoms with Gasteiger partial charge in [-0.25, -0.2) is 4.98 Å². The molecule has 1 aromatic heterocycles. The molecule has 1 atom stereocenters. The summed E-state index contributed by atoms with van der Waals surface area (Å²) in [6, 6.07) is 5.36. The number of pyridine rings is 1. The first kappa shape index (κ1) is 13.9. The van der Waals surface area contributed by atoms with Crippen LogP contribution in [0, 0.1) is 17.2 Å². The van der Waals surface area contributed by atoms with Gasteiger partial charge >= 0.3 is 0 Å². The fourth-order valence-corrected chi connectivity index (χ4v) is 3.17. The minimum absolute atomic E-state index is 0.0169. The molecule has 21 heavy (non-hydrogen) atoms. The predicted molar refractivity (Wildman–Crippen MR) is 76.5 cm³/mol. The summed E-state index contributed by atoms with van der Waals surface area (Å²) in [4.78, 5) is 18.4. The van der Waals surface area contributed by atoms with Crippen LogP contribution in [0.5, 0.6) is 5.88 Å². The zero-order valence-electron chi connectivity index (χ0n) is 12.0. The van der Waals surface area contributed by atoms with E-state index in [0.717, 1.165) is 25.8 Å². The lowest BCUT2D eigenvalue weighted by molar-refractivity contribution is -0.134. The molecular weight excluding hydrogens is 266 g/mol. The fraction of sp³-hybridized carbons (Fsp3) is 0.562. The zero-order valence-corrected chi connectivity index (χ0v) is 12.0. The molecule has 2 heterocycles. The Bertz CT molecular complexity index is 561. The van der Waals surface area contributed by atoms with Gasteiger partial charge in [0.25, 0.3) is 0 Å². The van der Waals surface area contributed by atoms with Crippen LogP contribution in [0.2, 0.25) is 0 Å². The molecule has 0 aromatic carbocycles. The first-order chi connectivity index (χ1) is 10.3. The number of aromatic nitrogens is 1. The van der Waals surface area contributed by atoms with E-state index in [-0.39, 0.29) is 17.9 Å². The van der Waals surface area contributed by atoms with Crippen molar-refractivity contribution in [1.82, 2.24) is 9.88 Å². The third-order valence-corrected chi connectivity index (χ3v) is 4.31. The van der Waals surface area contributed by atoms with Gasteiger partial charge in [-0.1, -0.05) is 12.8 Å². The standard InChI is InChI=1S/C16H19N3O2/c17-10-12-5-7-18-15(9-12)21-14-6-8-19(11-14)16(20)13-3-1-2-4-13/h5,7,9,13-14H,1-4,6,8,11H2. The SMILES string of the molecule is N#Cc1ccnc(OC2CCN(C(=O)C3CCCC3)C2)c1. The maximum atomic E-state index is 12.4. The quantitative estimate of drug-likeness (QED) is 0.853. The molecule has 0 N–H and O–H groups in total. The summed E-state index contributed by atoms with van der Waals surface area (Å²) >= 11 is 0. The number of carbonyl (C=O) groups excluding carboxylic acids is 1. The number of hydrogen-bond donors (Lipinski definition) is 0. The van der Waals surface area contributed by atoms with Gasteiger partial charge in [0.1, 0.15) is 6.10 Å². The second-order valence-corrected chi connectivity index (χ2v) is 5.79. The van der Waals surface area contributed by atoms with Gasteiger partial charge in [-0.2, -0.15) is 5.26 Å². The van der Waals surface area contributed by atoms with Crippen LogP contribution in [0.3, 0.4) is 0 Å². The van der Waals surface area contributed by atoms with E-state index in [1.165, 1.54) is 12.8 Å². The molecule has 1 aromatic rings. The van der Waals surface area contributed by atoms with Crippen LogP contribution in [-0.2, 0) is 4.79 Å². The molecule has 0 radical (unpaired) electrons. The average Bonchev–Trinajstić information content (AvgIpc) is 3.18. The number of nitriles is 1. The third kappa shape index (κ3) is 3.15. The second kappa shape index (κ2) is 6.13. The number of amides is 1. The number of nitrogens with zero attached hydrogens (tertiary/aromatic N) is 3. The van der Waals surface area contributed by atoms with Crippen molar-refractivity contribution < 1.29 is 9.53 Å². The molecule has 110 valence electrons. The number of hydrogen-bond acceptors (Lipinski definition) is 4. The van der Waals surface area contributed by atoms with E-state index < -0.39 is 0 Å². The third-order valence-electron chi connectivity index (χ3n) is 4.31. The lowest BCUT2D eigenvalue weighted by atomic mass is 10.1. The van der Waals surface area contributed by atoms with Crippen LogP contribution in [0.15, 0.2) is 18.3 Å². The lowest BCUT2D eigenvalue weighted by Gasteiger charge is -2.20. The van der Waals surface area contributed by atoms with E-state index >= 15 is 0 Å². The Balaban J connectivity index is 1.57. The molecule has 5 nitrogen and oxygen atoms in total. The Kier molecular flexibility index (Phi) is 4.05. The van der Waals surface area contributed by atoms with Gasteiger partial charge in [-0.15, -0.1) is 0 Å². The van der Waals surface area contributed by atoms with Crippen LogP contribution in [-0.4, -0.2) is 35.0 Å². The highest BCUT2D eigenvalue weighted by atomic mass is 16.5. The molecule has 1 aliphatic heterocycles. The molecule has 3 rings (SSSR count). The van der Waals surface area contributed by atoms with Crippen LogP contribution in [0.25, 0.3) is 0 Å². The molecule has 1 saturated heterocycles. The highest BCUT2D eigenvalue weighted by Gasteiger charge is 2.33. The van der Waals surface area contributed by atoms with E-state index in [1.54, 1.807) is 18.3 Å². The average molecular weight is 285 g/mol. The monoisotopic (exact) mass is 285 g/mol. The Morgan fingerprint density at radius 3 is 2.95 bits per heavy atom. The van der Waals surface area contributed by atoms with Crippen LogP contribution < -0.4 is 4.74 Å². The Hall–Kier alpha value is -2.09. The summed E-state index contributed by atoms with van der Waals surface area (Å²) in [6.07, 6.45) is 6.81. The van der Waals surface area contributed by atoms with E-state index in [1.807, 2.05) is 4.90 Å². The molecule has 1 amide bonds. The second-order valence-electron chi connectivity index (χ2n) is 5.79. The Labute approximate surface area is 124 Å². The van der Waals surface area contributed by atoms with Gasteiger partial charge in [0, 0.05) is 31.1 Å². The smallest absolute Gasteiger partial charge is 0.225 e. The first-order valence-corrected chi connectivity index (χ1v) is 7.58. The molecule has 0 spiro atoms. The Morgan fingerprint density at radius 1 is 1.38 bits per heavy atom. The minimum atomic E-state index is -0.0169. The van der Waals surface area contributed by atoms with Gasteiger partial charge in [0.05, 0.1) is 18.2 Å². The van der Waals surface area contributed by atoms with Crippen LogP contribution in [0.1, 0.15) is 37.7 Å². The topological polar surface area (TPSA) is 66.2 Å². The summed E-state index contributed by atoms with van der Waals surface area (Å²) in [7, 11) is 0. The van der Waals surface area contributed by atoms with Crippen molar-refractivity contribution in [3.63, 3.8) is 0 Å². The van der Waals surface area contributed by atoms with Crippen molar-refractivity contribution in [2.45, 2.75) is 38.2 Å². The fourth-order valence-electron chi connectivity index (χ4n) is 3.17. The molecule has 1 saturated carbocycles. The number of carbonyl (C=O) groups is 1. The van der Waals surface area contributed by atoms with E-state index in [0.29, 0.717) is 18.0 Å². The summed E-state index contributed by atoms with van der Waals surface area (Å²) in [5.74, 6) is 0.982. The van der Waals surface area contributed by atoms with E-state index in [9.17, 15) is 4.79 Å². The summed E-state index contributed by atoms with van der Waals surface area (Å²) in [5.41, 5.74) is 0.539. The van der Waals surface area contributed by atoms with Crippen molar-refractivity contribution in [3.8, 4) is 11.9 Å². The van der Waals surface area contributed by atoms with Gasteiger partial charge in [-0.3, -0.25) is 4.79 Å². The maximum absolute atomic E-state index is 12.4. The molecule has 2 aliphatic rings. The first-order valence-electron chi connectivity index (χ1n) is 7.58. The largest absolute Gasteiger partial charge is 0.472 e. The number of likely N-dealkylation sites (tertiary alicyclic amines) is 1. The van der Waals surface area contributed by atoms with Crippen molar-refractivity contribution >= 4 is 5.91 Å². The van der Waals surface area contributed by atoms with Gasteiger partial charge < -0.3 is 9.64 Å². The lowest BCUT2D eigenvalue weighted by Crippen LogP contribution is -2.34. The molecule has 5 heteroatoms. The van der Waals surface area contributed by atoms with Gasteiger partial charge in [0.15, 0.2) is 0 Å². The molecule has 0 bridgehead atoms. The Morgan fingerprint density at radius 2 is 2.19 bits per heavy atom.